The Morgan fingerprint density at radius 1 is 1.56 bits per heavy atom. The van der Waals surface area contributed by atoms with E-state index in [1.165, 1.54) is 12.8 Å². The van der Waals surface area contributed by atoms with Crippen molar-refractivity contribution in [2.45, 2.75) is 32.4 Å². The Bertz CT molecular complexity index is 293. The van der Waals surface area contributed by atoms with Crippen molar-refractivity contribution in [3.63, 3.8) is 0 Å². The molecule has 0 bridgehead atoms. The number of nitrogens with one attached hydrogen (secondary N) is 1. The smallest absolute Gasteiger partial charge is 0.117 e. The number of furan rings is 1. The average molecular weight is 222 g/mol. The summed E-state index contributed by atoms with van der Waals surface area (Å²) in [5.74, 6) is 1.97. The van der Waals surface area contributed by atoms with E-state index in [1.54, 1.807) is 6.26 Å². The quantitative estimate of drug-likeness (QED) is 0.716. The Hall–Kier alpha value is -0.800. The van der Waals surface area contributed by atoms with E-state index in [-0.39, 0.29) is 0 Å². The number of hydrogen-bond donors (Lipinski definition) is 1. The second-order valence-corrected chi connectivity index (χ2v) is 4.81. The number of likely N-dealkylation sites (N-methyl/N-ethyl adjacent to an activating group) is 1. The molecule has 90 valence electrons. The van der Waals surface area contributed by atoms with Gasteiger partial charge in [-0.05, 0) is 44.9 Å². The fraction of sp³-hybridized carbons (Fsp3) is 0.692. The number of nitrogens with zero attached hydrogens (tertiary/aromatic N) is 1. The molecule has 1 aliphatic rings. The van der Waals surface area contributed by atoms with Crippen LogP contribution in [0.15, 0.2) is 22.8 Å². The maximum Gasteiger partial charge on any atom is 0.117 e. The topological polar surface area (TPSA) is 28.4 Å². The highest BCUT2D eigenvalue weighted by Crippen LogP contribution is 2.34. The van der Waals surface area contributed by atoms with Gasteiger partial charge < -0.3 is 14.6 Å². The standard InChI is InChI=1S/C13H22N2O/c1-11(12-5-6-12)15(2)8-7-14-10-13-4-3-9-16-13/h3-4,9,11-12,14H,5-8,10H2,1-2H3. The molecule has 0 aromatic carbocycles. The molecule has 0 radical (unpaired) electrons. The molecule has 1 N–H and O–H groups in total. The van der Waals surface area contributed by atoms with Crippen molar-refractivity contribution in [3.8, 4) is 0 Å². The van der Waals surface area contributed by atoms with Gasteiger partial charge in [-0.3, -0.25) is 0 Å². The summed E-state index contributed by atoms with van der Waals surface area (Å²) in [6.45, 7) is 5.30. The molecule has 1 aliphatic carbocycles. The fourth-order valence-corrected chi connectivity index (χ4v) is 2.02. The first-order valence-corrected chi connectivity index (χ1v) is 6.20. The van der Waals surface area contributed by atoms with Crippen molar-refractivity contribution >= 4 is 0 Å². The maximum atomic E-state index is 5.26. The largest absolute Gasteiger partial charge is 0.468 e. The Morgan fingerprint density at radius 3 is 3.00 bits per heavy atom. The molecule has 0 spiro atoms. The van der Waals surface area contributed by atoms with Crippen LogP contribution in [0.4, 0.5) is 0 Å². The van der Waals surface area contributed by atoms with Crippen LogP contribution in [0.1, 0.15) is 25.5 Å². The Kier molecular flexibility index (Phi) is 4.02. The third kappa shape index (κ3) is 3.35. The first-order valence-electron chi connectivity index (χ1n) is 6.20. The predicted octanol–water partition coefficient (Wildman–Crippen LogP) is 2.10. The highest BCUT2D eigenvalue weighted by atomic mass is 16.3. The number of rotatable bonds is 7. The minimum atomic E-state index is 0.741. The van der Waals surface area contributed by atoms with Gasteiger partial charge in [0.2, 0.25) is 0 Å². The van der Waals surface area contributed by atoms with Gasteiger partial charge in [-0.2, -0.15) is 0 Å². The second-order valence-electron chi connectivity index (χ2n) is 4.81. The van der Waals surface area contributed by atoms with Crippen molar-refractivity contribution in [1.29, 1.82) is 0 Å². The molecule has 2 rings (SSSR count). The molecule has 0 amide bonds. The van der Waals surface area contributed by atoms with Crippen LogP contribution in [0, 0.1) is 5.92 Å². The summed E-state index contributed by atoms with van der Waals surface area (Å²) in [7, 11) is 2.22. The molecule has 1 saturated carbocycles. The first kappa shape index (κ1) is 11.7. The van der Waals surface area contributed by atoms with Gasteiger partial charge in [0.1, 0.15) is 5.76 Å². The molecule has 1 unspecified atom stereocenters. The van der Waals surface area contributed by atoms with Crippen LogP contribution in [0.5, 0.6) is 0 Å². The molecule has 0 aliphatic heterocycles. The van der Waals surface area contributed by atoms with Gasteiger partial charge in [-0.25, -0.2) is 0 Å². The van der Waals surface area contributed by atoms with Gasteiger partial charge in [-0.15, -0.1) is 0 Å². The van der Waals surface area contributed by atoms with Gasteiger partial charge in [0.15, 0.2) is 0 Å². The average Bonchev–Trinajstić information content (AvgIpc) is 3.01. The van der Waals surface area contributed by atoms with E-state index in [0.29, 0.717) is 0 Å². The normalized spacial score (nSPS) is 17.9. The van der Waals surface area contributed by atoms with Gasteiger partial charge in [0.05, 0.1) is 12.8 Å². The van der Waals surface area contributed by atoms with Crippen LogP contribution in [0.2, 0.25) is 0 Å². The number of hydrogen-bond acceptors (Lipinski definition) is 3. The summed E-state index contributed by atoms with van der Waals surface area (Å²) >= 11 is 0. The van der Waals surface area contributed by atoms with E-state index in [1.807, 2.05) is 12.1 Å². The predicted molar refractivity (Wildman–Crippen MR) is 65.2 cm³/mol. The Morgan fingerprint density at radius 2 is 2.38 bits per heavy atom. The van der Waals surface area contributed by atoms with Crippen molar-refractivity contribution in [2.24, 2.45) is 5.92 Å². The Balaban J connectivity index is 1.57. The molecule has 1 fully saturated rings. The first-order chi connectivity index (χ1) is 7.77. The molecule has 1 aromatic rings. The van der Waals surface area contributed by atoms with E-state index in [4.69, 9.17) is 4.42 Å². The molecule has 3 nitrogen and oxygen atoms in total. The van der Waals surface area contributed by atoms with Crippen molar-refractivity contribution in [1.82, 2.24) is 10.2 Å². The molecular formula is C13H22N2O. The van der Waals surface area contributed by atoms with E-state index >= 15 is 0 Å². The van der Waals surface area contributed by atoms with Crippen LogP contribution >= 0.6 is 0 Å². The summed E-state index contributed by atoms with van der Waals surface area (Å²) in [6, 6.07) is 4.67. The zero-order chi connectivity index (χ0) is 11.4. The molecular weight excluding hydrogens is 200 g/mol. The lowest BCUT2D eigenvalue weighted by Crippen LogP contribution is -2.36. The highest BCUT2D eigenvalue weighted by Gasteiger charge is 2.29. The molecule has 1 heterocycles. The van der Waals surface area contributed by atoms with Crippen LogP contribution in [0.25, 0.3) is 0 Å². The summed E-state index contributed by atoms with van der Waals surface area (Å²) in [6.07, 6.45) is 4.56. The van der Waals surface area contributed by atoms with Gasteiger partial charge >= 0.3 is 0 Å². The minimum absolute atomic E-state index is 0.741. The molecule has 3 heteroatoms. The molecule has 0 saturated heterocycles. The summed E-state index contributed by atoms with van der Waals surface area (Å²) in [5, 5.41) is 3.40. The minimum Gasteiger partial charge on any atom is -0.468 e. The van der Waals surface area contributed by atoms with E-state index in [0.717, 1.165) is 37.4 Å². The SMILES string of the molecule is CC(C1CC1)N(C)CCNCc1ccco1. The fourth-order valence-electron chi connectivity index (χ4n) is 2.02. The van der Waals surface area contributed by atoms with Crippen molar-refractivity contribution in [3.05, 3.63) is 24.2 Å². The van der Waals surface area contributed by atoms with E-state index in [9.17, 15) is 0 Å². The van der Waals surface area contributed by atoms with Gasteiger partial charge in [0.25, 0.3) is 0 Å². The maximum absolute atomic E-state index is 5.26. The monoisotopic (exact) mass is 222 g/mol. The molecule has 16 heavy (non-hydrogen) atoms. The lowest BCUT2D eigenvalue weighted by molar-refractivity contribution is 0.234. The van der Waals surface area contributed by atoms with E-state index < -0.39 is 0 Å². The lowest BCUT2D eigenvalue weighted by atomic mass is 10.2. The van der Waals surface area contributed by atoms with Gasteiger partial charge in [-0.1, -0.05) is 0 Å². The lowest BCUT2D eigenvalue weighted by Gasteiger charge is -2.24. The highest BCUT2D eigenvalue weighted by molar-refractivity contribution is 4.97. The van der Waals surface area contributed by atoms with Crippen LogP contribution in [-0.4, -0.2) is 31.1 Å². The van der Waals surface area contributed by atoms with E-state index in [2.05, 4.69) is 24.2 Å². The third-order valence-electron chi connectivity index (χ3n) is 3.52. The van der Waals surface area contributed by atoms with Gasteiger partial charge in [0, 0.05) is 19.1 Å². The van der Waals surface area contributed by atoms with Crippen molar-refractivity contribution < 1.29 is 4.42 Å². The third-order valence-corrected chi connectivity index (χ3v) is 3.52. The zero-order valence-electron chi connectivity index (χ0n) is 10.3. The van der Waals surface area contributed by atoms with Crippen molar-refractivity contribution in [2.75, 3.05) is 20.1 Å². The summed E-state index contributed by atoms with van der Waals surface area (Å²) < 4.78 is 5.26. The molecule has 1 atom stereocenters. The second kappa shape index (κ2) is 5.51. The summed E-state index contributed by atoms with van der Waals surface area (Å²) in [4.78, 5) is 2.45. The Labute approximate surface area is 97.8 Å². The summed E-state index contributed by atoms with van der Waals surface area (Å²) in [5.41, 5.74) is 0. The molecule has 1 aromatic heterocycles. The van der Waals surface area contributed by atoms with Crippen LogP contribution < -0.4 is 5.32 Å². The zero-order valence-corrected chi connectivity index (χ0v) is 10.3. The van der Waals surface area contributed by atoms with Crippen LogP contribution in [-0.2, 0) is 6.54 Å². The van der Waals surface area contributed by atoms with Crippen LogP contribution in [0.3, 0.4) is 0 Å².